The summed E-state index contributed by atoms with van der Waals surface area (Å²) in [6.07, 6.45) is 0.522. The third kappa shape index (κ3) is 5.81. The van der Waals surface area contributed by atoms with Crippen molar-refractivity contribution in [2.24, 2.45) is 5.10 Å². The first-order valence-corrected chi connectivity index (χ1v) is 13.4. The van der Waals surface area contributed by atoms with Crippen molar-refractivity contribution < 1.29 is 8.42 Å². The van der Waals surface area contributed by atoms with Crippen molar-refractivity contribution in [3.8, 4) is 0 Å². The van der Waals surface area contributed by atoms with Crippen LogP contribution in [-0.2, 0) is 15.4 Å². The Labute approximate surface area is 216 Å². The van der Waals surface area contributed by atoms with E-state index in [4.69, 9.17) is 34.0 Å². The van der Waals surface area contributed by atoms with Crippen molar-refractivity contribution in [3.05, 3.63) is 87.9 Å². The summed E-state index contributed by atoms with van der Waals surface area (Å²) >= 11 is 12.6. The SMILES string of the molecule is CC(C)(C)c1ccc(S(=O)(=O)NCC2=NN(c3ccc(N)cc3Cl)C(c3ccc(Cl)cc3)C2)cc1. The van der Waals surface area contributed by atoms with E-state index >= 15 is 0 Å². The van der Waals surface area contributed by atoms with Gasteiger partial charge in [0, 0.05) is 17.1 Å². The van der Waals surface area contributed by atoms with Gasteiger partial charge < -0.3 is 5.73 Å². The van der Waals surface area contributed by atoms with E-state index < -0.39 is 10.0 Å². The Morgan fingerprint density at radius 2 is 1.69 bits per heavy atom. The molecule has 1 aliphatic rings. The number of nitrogens with two attached hydrogens (primary N) is 1. The summed E-state index contributed by atoms with van der Waals surface area (Å²) in [5.41, 5.74) is 9.80. The standard InChI is InChI=1S/C26H28Cl2N4O2S/c1-26(2,3)18-6-11-22(12-7-18)35(33,34)30-16-21-15-25(17-4-8-19(27)9-5-17)32(31-21)24-13-10-20(29)14-23(24)28/h4-14,25,30H,15-16,29H2,1-3H3. The summed E-state index contributed by atoms with van der Waals surface area (Å²) in [5, 5.41) is 7.65. The molecule has 184 valence electrons. The second-order valence-electron chi connectivity index (χ2n) is 9.59. The van der Waals surface area contributed by atoms with Gasteiger partial charge in [-0.1, -0.05) is 68.2 Å². The summed E-state index contributed by atoms with van der Waals surface area (Å²) in [4.78, 5) is 0.219. The van der Waals surface area contributed by atoms with Crippen molar-refractivity contribution in [1.29, 1.82) is 0 Å². The summed E-state index contributed by atoms with van der Waals surface area (Å²) in [7, 11) is -3.70. The number of hydrogen-bond acceptors (Lipinski definition) is 5. The maximum Gasteiger partial charge on any atom is 0.240 e. The smallest absolute Gasteiger partial charge is 0.240 e. The van der Waals surface area contributed by atoms with Crippen molar-refractivity contribution in [3.63, 3.8) is 0 Å². The highest BCUT2D eigenvalue weighted by Crippen LogP contribution is 2.39. The van der Waals surface area contributed by atoms with Crippen LogP contribution in [-0.4, -0.2) is 20.7 Å². The minimum Gasteiger partial charge on any atom is -0.399 e. The average molecular weight is 532 g/mol. The monoisotopic (exact) mass is 530 g/mol. The molecule has 3 N–H and O–H groups in total. The highest BCUT2D eigenvalue weighted by atomic mass is 35.5. The molecular formula is C26H28Cl2N4O2S. The number of nitrogen functional groups attached to an aromatic ring is 1. The van der Waals surface area contributed by atoms with Crippen LogP contribution in [0.15, 0.2) is 76.7 Å². The molecule has 1 aliphatic heterocycles. The lowest BCUT2D eigenvalue weighted by molar-refractivity contribution is 0.581. The van der Waals surface area contributed by atoms with Gasteiger partial charge in [0.05, 0.1) is 33.9 Å². The second-order valence-corrected chi connectivity index (χ2v) is 12.2. The lowest BCUT2D eigenvalue weighted by Gasteiger charge is -2.25. The molecule has 0 saturated heterocycles. The summed E-state index contributed by atoms with van der Waals surface area (Å²) < 4.78 is 28.6. The van der Waals surface area contributed by atoms with E-state index in [1.165, 1.54) is 0 Å². The zero-order chi connectivity index (χ0) is 25.4. The van der Waals surface area contributed by atoms with Gasteiger partial charge >= 0.3 is 0 Å². The molecule has 1 unspecified atom stereocenters. The molecule has 1 heterocycles. The maximum atomic E-state index is 13.0. The molecule has 0 aliphatic carbocycles. The van der Waals surface area contributed by atoms with Gasteiger partial charge in [0.15, 0.2) is 0 Å². The Hall–Kier alpha value is -2.58. The van der Waals surface area contributed by atoms with Crippen molar-refractivity contribution in [2.45, 2.75) is 43.5 Å². The zero-order valence-electron chi connectivity index (χ0n) is 19.8. The molecule has 35 heavy (non-hydrogen) atoms. The molecule has 0 fully saturated rings. The third-order valence-electron chi connectivity index (χ3n) is 5.94. The van der Waals surface area contributed by atoms with Crippen LogP contribution in [0.5, 0.6) is 0 Å². The number of halogens is 2. The molecular weight excluding hydrogens is 503 g/mol. The lowest BCUT2D eigenvalue weighted by atomic mass is 9.87. The maximum absolute atomic E-state index is 13.0. The molecule has 3 aromatic rings. The van der Waals surface area contributed by atoms with Crippen molar-refractivity contribution in [1.82, 2.24) is 4.72 Å². The first kappa shape index (κ1) is 25.5. The number of hydrazone groups is 1. The van der Waals surface area contributed by atoms with Gasteiger partial charge in [-0.25, -0.2) is 13.1 Å². The Bertz CT molecular complexity index is 1350. The largest absolute Gasteiger partial charge is 0.399 e. The highest BCUT2D eigenvalue weighted by Gasteiger charge is 2.31. The van der Waals surface area contributed by atoms with E-state index in [0.29, 0.717) is 33.6 Å². The Morgan fingerprint density at radius 3 is 2.29 bits per heavy atom. The summed E-state index contributed by atoms with van der Waals surface area (Å²) in [5.74, 6) is 0. The van der Waals surface area contributed by atoms with Gasteiger partial charge in [-0.3, -0.25) is 5.01 Å². The normalized spacial score (nSPS) is 16.4. The van der Waals surface area contributed by atoms with E-state index in [9.17, 15) is 8.42 Å². The van der Waals surface area contributed by atoms with E-state index in [2.05, 4.69) is 25.5 Å². The number of sulfonamides is 1. The number of nitrogens with one attached hydrogen (secondary N) is 1. The van der Waals surface area contributed by atoms with Crippen molar-refractivity contribution in [2.75, 3.05) is 17.3 Å². The van der Waals surface area contributed by atoms with E-state index in [-0.39, 0.29) is 22.9 Å². The molecule has 3 aromatic carbocycles. The molecule has 0 spiro atoms. The first-order chi connectivity index (χ1) is 16.4. The highest BCUT2D eigenvalue weighted by molar-refractivity contribution is 7.89. The predicted molar refractivity (Wildman–Crippen MR) is 145 cm³/mol. The fraction of sp³-hybridized carbons (Fsp3) is 0.269. The molecule has 6 nitrogen and oxygen atoms in total. The molecule has 0 saturated carbocycles. The van der Waals surface area contributed by atoms with Crippen LogP contribution in [0.2, 0.25) is 10.0 Å². The number of benzene rings is 3. The molecule has 9 heteroatoms. The van der Waals surface area contributed by atoms with Gasteiger partial charge in [0.25, 0.3) is 0 Å². The minimum atomic E-state index is -3.70. The van der Waals surface area contributed by atoms with E-state index in [1.807, 2.05) is 47.5 Å². The minimum absolute atomic E-state index is 0.0577. The van der Waals surface area contributed by atoms with Crippen LogP contribution in [0.3, 0.4) is 0 Å². The van der Waals surface area contributed by atoms with Gasteiger partial charge in [-0.2, -0.15) is 5.10 Å². The molecule has 0 radical (unpaired) electrons. The van der Waals surface area contributed by atoms with E-state index in [1.54, 1.807) is 24.3 Å². The average Bonchev–Trinajstić information content (AvgIpc) is 3.22. The quantitative estimate of drug-likeness (QED) is 0.373. The van der Waals surface area contributed by atoms with Crippen LogP contribution in [0.1, 0.15) is 44.4 Å². The molecule has 0 bridgehead atoms. The van der Waals surface area contributed by atoms with Gasteiger partial charge in [0.1, 0.15) is 0 Å². The van der Waals surface area contributed by atoms with Crippen LogP contribution in [0, 0.1) is 0 Å². The fourth-order valence-corrected chi connectivity index (χ4v) is 5.37. The Morgan fingerprint density at radius 1 is 1.03 bits per heavy atom. The predicted octanol–water partition coefficient (Wildman–Crippen LogP) is 6.16. The second kappa shape index (κ2) is 9.82. The van der Waals surface area contributed by atoms with Crippen LogP contribution < -0.4 is 15.5 Å². The Kier molecular flexibility index (Phi) is 7.16. The summed E-state index contributed by atoms with van der Waals surface area (Å²) in [6.45, 7) is 6.34. The first-order valence-electron chi connectivity index (χ1n) is 11.2. The summed E-state index contributed by atoms with van der Waals surface area (Å²) in [6, 6.07) is 19.6. The van der Waals surface area contributed by atoms with Crippen LogP contribution in [0.25, 0.3) is 0 Å². The lowest BCUT2D eigenvalue weighted by Crippen LogP contribution is -2.29. The number of hydrogen-bond donors (Lipinski definition) is 2. The molecule has 0 aromatic heterocycles. The fourth-order valence-electron chi connectivity index (χ4n) is 3.95. The molecule has 4 rings (SSSR count). The van der Waals surface area contributed by atoms with Crippen LogP contribution >= 0.6 is 23.2 Å². The molecule has 0 amide bonds. The Balaban J connectivity index is 1.57. The van der Waals surface area contributed by atoms with E-state index in [0.717, 1.165) is 11.1 Å². The van der Waals surface area contributed by atoms with Gasteiger partial charge in [0.2, 0.25) is 10.0 Å². The zero-order valence-corrected chi connectivity index (χ0v) is 22.1. The topological polar surface area (TPSA) is 87.8 Å². The van der Waals surface area contributed by atoms with Gasteiger partial charge in [-0.05, 0) is 59.0 Å². The number of rotatable bonds is 6. The molecule has 1 atom stereocenters. The number of nitrogens with zero attached hydrogens (tertiary/aromatic N) is 2. The van der Waals surface area contributed by atoms with Crippen LogP contribution in [0.4, 0.5) is 11.4 Å². The van der Waals surface area contributed by atoms with Gasteiger partial charge in [-0.15, -0.1) is 0 Å². The van der Waals surface area contributed by atoms with Crippen molar-refractivity contribution >= 4 is 50.3 Å². The third-order valence-corrected chi connectivity index (χ3v) is 7.92. The number of anilines is 2.